The molecular weight excluding hydrogens is 394 g/mol. The van der Waals surface area contributed by atoms with Gasteiger partial charge < -0.3 is 24.9 Å². The van der Waals surface area contributed by atoms with Crippen LogP contribution in [0.5, 0.6) is 11.6 Å². The van der Waals surface area contributed by atoms with Crippen LogP contribution in [0.25, 0.3) is 11.0 Å². The number of alkyl halides is 3. The number of hydrogen-bond donors (Lipinski definition) is 3. The Morgan fingerprint density at radius 1 is 1.24 bits per heavy atom. The van der Waals surface area contributed by atoms with Crippen LogP contribution in [0.2, 0.25) is 0 Å². The van der Waals surface area contributed by atoms with Gasteiger partial charge in [0.05, 0.1) is 24.9 Å². The molecule has 0 amide bonds. The number of benzene rings is 1. The van der Waals surface area contributed by atoms with E-state index in [9.17, 15) is 22.7 Å². The molecule has 6 nitrogen and oxygen atoms in total. The molecule has 10 heteroatoms. The number of pyridine rings is 1. The van der Waals surface area contributed by atoms with Crippen LogP contribution in [0, 0.1) is 5.82 Å². The van der Waals surface area contributed by atoms with Crippen LogP contribution in [0.15, 0.2) is 36.5 Å². The van der Waals surface area contributed by atoms with E-state index in [1.165, 1.54) is 19.2 Å². The van der Waals surface area contributed by atoms with Crippen LogP contribution >= 0.6 is 0 Å². The van der Waals surface area contributed by atoms with Crippen molar-refractivity contribution in [3.8, 4) is 11.6 Å². The molecule has 3 N–H and O–H groups in total. The van der Waals surface area contributed by atoms with E-state index in [0.717, 1.165) is 6.07 Å². The van der Waals surface area contributed by atoms with Gasteiger partial charge in [0.25, 0.3) is 0 Å². The number of rotatable bonds is 8. The van der Waals surface area contributed by atoms with Crippen molar-refractivity contribution in [1.29, 1.82) is 0 Å². The quantitative estimate of drug-likeness (QED) is 0.287. The van der Waals surface area contributed by atoms with Gasteiger partial charge in [0, 0.05) is 24.2 Å². The molecule has 3 rings (SSSR count). The van der Waals surface area contributed by atoms with E-state index in [1.54, 1.807) is 18.3 Å². The van der Waals surface area contributed by atoms with Gasteiger partial charge in [-0.15, -0.1) is 0 Å². The summed E-state index contributed by atoms with van der Waals surface area (Å²) in [5.41, 5.74) is 1.95. The number of aliphatic hydroxyl groups is 1. The summed E-state index contributed by atoms with van der Waals surface area (Å²) in [5.74, 6) is -0.566. The van der Waals surface area contributed by atoms with Crippen molar-refractivity contribution in [2.24, 2.45) is 0 Å². The normalized spacial score (nSPS) is 12.8. The summed E-state index contributed by atoms with van der Waals surface area (Å²) >= 11 is 0. The van der Waals surface area contributed by atoms with Gasteiger partial charge in [0.2, 0.25) is 5.88 Å². The van der Waals surface area contributed by atoms with Crippen LogP contribution < -0.4 is 14.8 Å². The van der Waals surface area contributed by atoms with Crippen LogP contribution in [0.4, 0.5) is 23.2 Å². The van der Waals surface area contributed by atoms with Crippen LogP contribution in [0.1, 0.15) is 24.6 Å². The Bertz CT molecular complexity index is 975. The monoisotopic (exact) mass is 413 g/mol. The molecule has 1 atom stereocenters. The fourth-order valence-corrected chi connectivity index (χ4v) is 2.69. The molecular formula is C19H19F4N3O3. The number of nitrogens with zero attached hydrogens (tertiary/aromatic N) is 1. The van der Waals surface area contributed by atoms with Gasteiger partial charge in [-0.25, -0.2) is 9.37 Å². The Labute approximate surface area is 163 Å². The largest absolute Gasteiger partial charge is 0.491 e. The highest BCUT2D eigenvalue weighted by Crippen LogP contribution is 2.28. The second-order valence-corrected chi connectivity index (χ2v) is 6.26. The smallest absolute Gasteiger partial charge is 0.389 e. The zero-order valence-corrected chi connectivity index (χ0v) is 15.4. The van der Waals surface area contributed by atoms with Crippen molar-refractivity contribution >= 4 is 16.7 Å². The Hall–Kier alpha value is -3.01. The second-order valence-electron chi connectivity index (χ2n) is 6.26. The van der Waals surface area contributed by atoms with Gasteiger partial charge in [0.1, 0.15) is 5.52 Å². The first-order valence-electron chi connectivity index (χ1n) is 8.72. The molecule has 0 fully saturated rings. The fourth-order valence-electron chi connectivity index (χ4n) is 2.69. The van der Waals surface area contributed by atoms with Crippen molar-refractivity contribution in [2.45, 2.75) is 25.2 Å². The lowest BCUT2D eigenvalue weighted by Crippen LogP contribution is -2.11. The molecule has 0 saturated heterocycles. The number of ether oxygens (including phenoxy) is 2. The molecule has 0 saturated carbocycles. The van der Waals surface area contributed by atoms with E-state index in [4.69, 9.17) is 9.47 Å². The molecule has 0 aliphatic carbocycles. The summed E-state index contributed by atoms with van der Waals surface area (Å²) in [6.07, 6.45) is -5.20. The Morgan fingerprint density at radius 2 is 2.03 bits per heavy atom. The highest BCUT2D eigenvalue weighted by molar-refractivity contribution is 5.89. The molecule has 1 unspecified atom stereocenters. The molecule has 1 aromatic carbocycles. The van der Waals surface area contributed by atoms with Crippen molar-refractivity contribution in [2.75, 3.05) is 19.0 Å². The molecule has 0 spiro atoms. The minimum absolute atomic E-state index is 0.179. The van der Waals surface area contributed by atoms with Crippen LogP contribution in [-0.4, -0.2) is 35.0 Å². The van der Waals surface area contributed by atoms with Crippen molar-refractivity contribution in [1.82, 2.24) is 9.97 Å². The number of aromatic amines is 1. The number of hydrogen-bond acceptors (Lipinski definition) is 5. The summed E-state index contributed by atoms with van der Waals surface area (Å²) in [6.45, 7) is -0.264. The molecule has 3 aromatic rings. The molecule has 29 heavy (non-hydrogen) atoms. The van der Waals surface area contributed by atoms with Crippen molar-refractivity contribution in [3.63, 3.8) is 0 Å². The minimum atomic E-state index is -4.27. The number of methoxy groups -OCH3 is 1. The Kier molecular flexibility index (Phi) is 6.12. The molecule has 2 heterocycles. The van der Waals surface area contributed by atoms with Gasteiger partial charge in [-0.2, -0.15) is 13.2 Å². The van der Waals surface area contributed by atoms with Gasteiger partial charge in [-0.1, -0.05) is 6.07 Å². The first-order valence-corrected chi connectivity index (χ1v) is 8.72. The molecule has 0 aliphatic rings. The van der Waals surface area contributed by atoms with Gasteiger partial charge in [0.15, 0.2) is 17.8 Å². The topological polar surface area (TPSA) is 79.4 Å². The number of nitrogens with one attached hydrogen (secondary N) is 2. The Balaban J connectivity index is 1.65. The lowest BCUT2D eigenvalue weighted by Gasteiger charge is -2.15. The van der Waals surface area contributed by atoms with E-state index in [1.807, 2.05) is 0 Å². The third-order valence-electron chi connectivity index (χ3n) is 4.13. The standard InChI is InChI=1S/C19H19F4N3O3/c1-28-16-6-4-13-17(26-16)14(10-24-13)25-18(27)11-3-5-15(12(20)9-11)29-8-2-7-19(21,22)23/h3-6,9-10,18,24-25,27H,2,7-8H2,1H3. The number of fused-ring (bicyclic) bond motifs is 1. The molecule has 2 aromatic heterocycles. The number of halogens is 4. The summed E-state index contributed by atoms with van der Waals surface area (Å²) in [5, 5.41) is 13.2. The fraction of sp³-hybridized carbons (Fsp3) is 0.316. The van der Waals surface area contributed by atoms with Crippen LogP contribution in [0.3, 0.4) is 0 Å². The highest BCUT2D eigenvalue weighted by Gasteiger charge is 2.26. The predicted molar refractivity (Wildman–Crippen MR) is 98.4 cm³/mol. The van der Waals surface area contributed by atoms with E-state index in [2.05, 4.69) is 15.3 Å². The van der Waals surface area contributed by atoms with E-state index in [0.29, 0.717) is 22.6 Å². The average Bonchev–Trinajstić information content (AvgIpc) is 3.07. The average molecular weight is 413 g/mol. The first-order chi connectivity index (χ1) is 13.8. The summed E-state index contributed by atoms with van der Waals surface area (Å²) < 4.78 is 60.7. The minimum Gasteiger partial charge on any atom is -0.491 e. The number of H-pyrrole nitrogens is 1. The zero-order chi connectivity index (χ0) is 21.0. The first kappa shape index (κ1) is 20.7. The SMILES string of the molecule is COc1ccc2[nH]cc(NC(O)c3ccc(OCCCC(F)(F)F)c(F)c3)c2n1. The second kappa shape index (κ2) is 8.56. The van der Waals surface area contributed by atoms with E-state index < -0.39 is 24.6 Å². The third-order valence-corrected chi connectivity index (χ3v) is 4.13. The zero-order valence-electron chi connectivity index (χ0n) is 15.4. The number of anilines is 1. The lowest BCUT2D eigenvalue weighted by molar-refractivity contribution is -0.136. The maximum atomic E-state index is 14.2. The van der Waals surface area contributed by atoms with E-state index >= 15 is 0 Å². The summed E-state index contributed by atoms with van der Waals surface area (Å²) in [6, 6.07) is 7.19. The molecule has 0 aliphatic heterocycles. The lowest BCUT2D eigenvalue weighted by atomic mass is 10.1. The molecule has 156 valence electrons. The Morgan fingerprint density at radius 3 is 2.72 bits per heavy atom. The third kappa shape index (κ3) is 5.29. The van der Waals surface area contributed by atoms with Gasteiger partial charge in [-0.3, -0.25) is 0 Å². The molecule has 0 radical (unpaired) electrons. The van der Waals surface area contributed by atoms with Crippen LogP contribution in [-0.2, 0) is 0 Å². The predicted octanol–water partition coefficient (Wildman–Crippen LogP) is 4.53. The highest BCUT2D eigenvalue weighted by atomic mass is 19.4. The summed E-state index contributed by atoms with van der Waals surface area (Å²) in [7, 11) is 1.48. The van der Waals surface area contributed by atoms with Gasteiger partial charge in [-0.05, 0) is 24.6 Å². The maximum absolute atomic E-state index is 14.2. The van der Waals surface area contributed by atoms with Crippen molar-refractivity contribution in [3.05, 3.63) is 47.9 Å². The number of aromatic nitrogens is 2. The molecule has 0 bridgehead atoms. The summed E-state index contributed by atoms with van der Waals surface area (Å²) in [4.78, 5) is 7.28. The van der Waals surface area contributed by atoms with Crippen molar-refractivity contribution < 1.29 is 32.1 Å². The van der Waals surface area contributed by atoms with Gasteiger partial charge >= 0.3 is 6.18 Å². The van der Waals surface area contributed by atoms with E-state index in [-0.39, 0.29) is 24.3 Å². The number of aliphatic hydroxyl groups excluding tert-OH is 1. The maximum Gasteiger partial charge on any atom is 0.389 e.